The topological polar surface area (TPSA) is 38.9 Å². The average Bonchev–Trinajstić information content (AvgIpc) is 2.26. The summed E-state index contributed by atoms with van der Waals surface area (Å²) in [6, 6.07) is 9.99. The van der Waals surface area contributed by atoms with Crippen LogP contribution in [0, 0.1) is 11.8 Å². The van der Waals surface area contributed by atoms with Crippen molar-refractivity contribution in [3.63, 3.8) is 0 Å². The Morgan fingerprint density at radius 3 is 2.69 bits per heavy atom. The summed E-state index contributed by atoms with van der Waals surface area (Å²) in [6.45, 7) is 0.382. The highest BCUT2D eigenvalue weighted by molar-refractivity contribution is 5.85. The highest BCUT2D eigenvalue weighted by Gasteiger charge is 1.93. The Morgan fingerprint density at radius 1 is 1.19 bits per heavy atom. The lowest BCUT2D eigenvalue weighted by molar-refractivity contribution is 1.30. The number of benzene rings is 1. The van der Waals surface area contributed by atoms with Crippen LogP contribution in [0.5, 0.6) is 0 Å². The van der Waals surface area contributed by atoms with E-state index in [9.17, 15) is 0 Å². The molecule has 0 bridgehead atoms. The summed E-state index contributed by atoms with van der Waals surface area (Å²) in [5, 5.41) is 1.11. The molecule has 2 nitrogen and oxygen atoms in total. The lowest BCUT2D eigenvalue weighted by atomic mass is 10.2. The number of hydrogen-bond donors (Lipinski definition) is 1. The van der Waals surface area contributed by atoms with Gasteiger partial charge in [-0.15, -0.1) is 24.8 Å². The fourth-order valence-corrected chi connectivity index (χ4v) is 1.29. The van der Waals surface area contributed by atoms with Crippen molar-refractivity contribution in [1.82, 2.24) is 4.98 Å². The van der Waals surface area contributed by atoms with E-state index in [1.165, 1.54) is 0 Å². The van der Waals surface area contributed by atoms with Gasteiger partial charge in [0.2, 0.25) is 0 Å². The standard InChI is InChI=1S/C12H10N2.2ClH/c13-7-3-4-10-8-11-5-1-2-6-12(11)14-9-10;;/h1-2,5-6,8-9H,7,13H2;2*1H. The molecule has 0 aliphatic heterocycles. The van der Waals surface area contributed by atoms with E-state index in [1.807, 2.05) is 30.3 Å². The van der Waals surface area contributed by atoms with Crippen molar-refractivity contribution in [2.45, 2.75) is 0 Å². The second kappa shape index (κ2) is 7.08. The summed E-state index contributed by atoms with van der Waals surface area (Å²) in [7, 11) is 0. The summed E-state index contributed by atoms with van der Waals surface area (Å²) in [6.07, 6.45) is 1.77. The minimum Gasteiger partial charge on any atom is -0.320 e. The van der Waals surface area contributed by atoms with Crippen molar-refractivity contribution in [2.75, 3.05) is 6.54 Å². The molecular weight excluding hydrogens is 243 g/mol. The predicted molar refractivity (Wildman–Crippen MR) is 72.2 cm³/mol. The summed E-state index contributed by atoms with van der Waals surface area (Å²) in [4.78, 5) is 4.29. The van der Waals surface area contributed by atoms with Crippen LogP contribution in [0.15, 0.2) is 36.5 Å². The van der Waals surface area contributed by atoms with Crippen LogP contribution in [0.2, 0.25) is 0 Å². The van der Waals surface area contributed by atoms with E-state index in [-0.39, 0.29) is 24.8 Å². The van der Waals surface area contributed by atoms with E-state index in [2.05, 4.69) is 16.8 Å². The molecule has 1 aromatic heterocycles. The number of fused-ring (bicyclic) bond motifs is 1. The van der Waals surface area contributed by atoms with Crippen LogP contribution < -0.4 is 5.73 Å². The maximum atomic E-state index is 5.29. The summed E-state index contributed by atoms with van der Waals surface area (Å²) >= 11 is 0. The van der Waals surface area contributed by atoms with E-state index in [1.54, 1.807) is 6.20 Å². The first-order chi connectivity index (χ1) is 6.90. The van der Waals surface area contributed by atoms with Crippen molar-refractivity contribution in [3.05, 3.63) is 42.1 Å². The zero-order valence-corrected chi connectivity index (χ0v) is 10.1. The molecule has 1 heterocycles. The molecule has 2 aromatic rings. The fraction of sp³-hybridized carbons (Fsp3) is 0.0833. The normalized spacial score (nSPS) is 8.31. The number of rotatable bonds is 0. The van der Waals surface area contributed by atoms with Crippen molar-refractivity contribution >= 4 is 35.7 Å². The molecule has 0 radical (unpaired) electrons. The molecule has 4 heteroatoms. The lowest BCUT2D eigenvalue weighted by Gasteiger charge is -1.95. The molecular formula is C12H12Cl2N2. The van der Waals surface area contributed by atoms with Gasteiger partial charge >= 0.3 is 0 Å². The molecule has 0 saturated heterocycles. The second-order valence-corrected chi connectivity index (χ2v) is 2.92. The Bertz CT molecular complexity index is 515. The lowest BCUT2D eigenvalue weighted by Crippen LogP contribution is -1.93. The van der Waals surface area contributed by atoms with E-state index in [0.717, 1.165) is 16.5 Å². The van der Waals surface area contributed by atoms with Crippen LogP contribution in [-0.4, -0.2) is 11.5 Å². The molecule has 0 aliphatic carbocycles. The quantitative estimate of drug-likeness (QED) is 0.734. The largest absolute Gasteiger partial charge is 0.320 e. The average molecular weight is 255 g/mol. The molecule has 0 unspecified atom stereocenters. The Balaban J connectivity index is 0.00000112. The van der Waals surface area contributed by atoms with Gasteiger partial charge in [0.25, 0.3) is 0 Å². The van der Waals surface area contributed by atoms with Crippen molar-refractivity contribution in [3.8, 4) is 11.8 Å². The molecule has 84 valence electrons. The van der Waals surface area contributed by atoms with Gasteiger partial charge in [-0.25, -0.2) is 0 Å². The van der Waals surface area contributed by atoms with Gasteiger partial charge in [0.05, 0.1) is 12.1 Å². The molecule has 1 aromatic carbocycles. The first-order valence-corrected chi connectivity index (χ1v) is 4.44. The van der Waals surface area contributed by atoms with Gasteiger partial charge in [0, 0.05) is 17.1 Å². The number of nitrogens with zero attached hydrogens (tertiary/aromatic N) is 1. The molecule has 0 amide bonds. The summed E-state index contributed by atoms with van der Waals surface area (Å²) in [5.74, 6) is 5.77. The number of halogens is 2. The van der Waals surface area contributed by atoms with Gasteiger partial charge < -0.3 is 5.73 Å². The zero-order valence-electron chi connectivity index (χ0n) is 8.51. The van der Waals surface area contributed by atoms with Crippen LogP contribution in [0.4, 0.5) is 0 Å². The van der Waals surface area contributed by atoms with Crippen LogP contribution in [0.25, 0.3) is 10.9 Å². The first-order valence-electron chi connectivity index (χ1n) is 4.44. The first kappa shape index (κ1) is 14.7. The summed E-state index contributed by atoms with van der Waals surface area (Å²) in [5.41, 5.74) is 7.20. The molecule has 0 spiro atoms. The van der Waals surface area contributed by atoms with Crippen LogP contribution in [0.1, 0.15) is 5.56 Å². The Labute approximate surface area is 107 Å². The van der Waals surface area contributed by atoms with Gasteiger partial charge in [-0.3, -0.25) is 4.98 Å². The Kier molecular flexibility index (Phi) is 6.52. The van der Waals surface area contributed by atoms with E-state index in [0.29, 0.717) is 6.54 Å². The second-order valence-electron chi connectivity index (χ2n) is 2.92. The SMILES string of the molecule is Cl.Cl.NCC#Cc1cnc2ccccc2c1. The minimum absolute atomic E-state index is 0. The van der Waals surface area contributed by atoms with Crippen molar-refractivity contribution in [1.29, 1.82) is 0 Å². The van der Waals surface area contributed by atoms with E-state index >= 15 is 0 Å². The molecule has 0 fully saturated rings. The molecule has 16 heavy (non-hydrogen) atoms. The van der Waals surface area contributed by atoms with Gasteiger partial charge in [0.15, 0.2) is 0 Å². The Hall–Kier alpha value is -1.27. The number of pyridine rings is 1. The number of para-hydroxylation sites is 1. The highest BCUT2D eigenvalue weighted by atomic mass is 35.5. The minimum atomic E-state index is 0. The third-order valence-electron chi connectivity index (χ3n) is 1.93. The Morgan fingerprint density at radius 2 is 1.94 bits per heavy atom. The van der Waals surface area contributed by atoms with Crippen LogP contribution >= 0.6 is 24.8 Å². The van der Waals surface area contributed by atoms with E-state index < -0.39 is 0 Å². The molecule has 2 rings (SSSR count). The number of aromatic nitrogens is 1. The third-order valence-corrected chi connectivity index (χ3v) is 1.93. The van der Waals surface area contributed by atoms with Crippen LogP contribution in [-0.2, 0) is 0 Å². The van der Waals surface area contributed by atoms with Gasteiger partial charge in [0.1, 0.15) is 0 Å². The smallest absolute Gasteiger partial charge is 0.0702 e. The van der Waals surface area contributed by atoms with Crippen LogP contribution in [0.3, 0.4) is 0 Å². The van der Waals surface area contributed by atoms with Gasteiger partial charge in [-0.1, -0.05) is 30.0 Å². The number of hydrogen-bond acceptors (Lipinski definition) is 2. The summed E-state index contributed by atoms with van der Waals surface area (Å²) < 4.78 is 0. The van der Waals surface area contributed by atoms with E-state index in [4.69, 9.17) is 5.73 Å². The predicted octanol–water partition coefficient (Wildman–Crippen LogP) is 2.39. The highest BCUT2D eigenvalue weighted by Crippen LogP contribution is 2.11. The van der Waals surface area contributed by atoms with Crippen molar-refractivity contribution in [2.24, 2.45) is 5.73 Å². The molecule has 0 saturated carbocycles. The maximum Gasteiger partial charge on any atom is 0.0702 e. The molecule has 2 N–H and O–H groups in total. The molecule has 0 atom stereocenters. The number of nitrogens with two attached hydrogens (primary N) is 1. The van der Waals surface area contributed by atoms with Crippen molar-refractivity contribution < 1.29 is 0 Å². The van der Waals surface area contributed by atoms with Gasteiger partial charge in [-0.2, -0.15) is 0 Å². The molecule has 0 aliphatic rings. The van der Waals surface area contributed by atoms with Gasteiger partial charge in [-0.05, 0) is 12.1 Å². The zero-order chi connectivity index (χ0) is 9.80. The monoisotopic (exact) mass is 254 g/mol. The fourth-order valence-electron chi connectivity index (χ4n) is 1.29. The maximum absolute atomic E-state index is 5.29. The third kappa shape index (κ3) is 3.39.